The zero-order chi connectivity index (χ0) is 18.5. The molecule has 26 heavy (non-hydrogen) atoms. The average Bonchev–Trinajstić information content (AvgIpc) is 3.21. The SMILES string of the molecule is CCOC(=O)/C=C1\SCC(=O)N1CC(=O)NCc1ccc2c(c1)OCO2. The molecular formula is C17H18N2O6S. The van der Waals surface area contributed by atoms with Crippen LogP contribution in [0.25, 0.3) is 0 Å². The molecule has 2 heterocycles. The molecule has 0 saturated carbocycles. The van der Waals surface area contributed by atoms with Gasteiger partial charge in [-0.05, 0) is 24.6 Å². The highest BCUT2D eigenvalue weighted by molar-refractivity contribution is 8.04. The molecule has 0 spiro atoms. The molecule has 2 aliphatic rings. The van der Waals surface area contributed by atoms with E-state index in [0.717, 1.165) is 5.56 Å². The van der Waals surface area contributed by atoms with E-state index >= 15 is 0 Å². The van der Waals surface area contributed by atoms with Crippen molar-refractivity contribution in [3.8, 4) is 11.5 Å². The number of thioether (sulfide) groups is 1. The van der Waals surface area contributed by atoms with E-state index in [9.17, 15) is 14.4 Å². The summed E-state index contributed by atoms with van der Waals surface area (Å²) in [5.74, 6) is 0.435. The fourth-order valence-corrected chi connectivity index (χ4v) is 3.36. The van der Waals surface area contributed by atoms with Gasteiger partial charge >= 0.3 is 5.97 Å². The van der Waals surface area contributed by atoms with Crippen molar-refractivity contribution in [3.63, 3.8) is 0 Å². The molecule has 3 rings (SSSR count). The number of fused-ring (bicyclic) bond motifs is 1. The lowest BCUT2D eigenvalue weighted by molar-refractivity contribution is -0.137. The van der Waals surface area contributed by atoms with E-state index in [0.29, 0.717) is 23.1 Å². The van der Waals surface area contributed by atoms with Crippen molar-refractivity contribution < 1.29 is 28.6 Å². The second kappa shape index (κ2) is 8.13. The standard InChI is InChI=1S/C17H18N2O6S/c1-2-23-17(22)6-16-19(15(21)9-26-16)8-14(20)18-7-11-3-4-12-13(5-11)25-10-24-12/h3-6H,2,7-10H2,1H3,(H,18,20)/b16-6-. The first-order chi connectivity index (χ1) is 12.6. The maximum Gasteiger partial charge on any atom is 0.333 e. The minimum Gasteiger partial charge on any atom is -0.463 e. The van der Waals surface area contributed by atoms with Gasteiger partial charge in [0, 0.05) is 6.54 Å². The lowest BCUT2D eigenvalue weighted by Crippen LogP contribution is -2.37. The van der Waals surface area contributed by atoms with Gasteiger partial charge in [-0.1, -0.05) is 17.8 Å². The third kappa shape index (κ3) is 4.29. The van der Waals surface area contributed by atoms with Crippen molar-refractivity contribution in [1.82, 2.24) is 10.2 Å². The Labute approximate surface area is 154 Å². The number of esters is 1. The fraction of sp³-hybridized carbons (Fsp3) is 0.353. The molecule has 138 valence electrons. The Bertz CT molecular complexity index is 764. The second-order valence-electron chi connectivity index (χ2n) is 5.47. The van der Waals surface area contributed by atoms with Gasteiger partial charge in [-0.15, -0.1) is 0 Å². The molecule has 8 nitrogen and oxygen atoms in total. The first-order valence-corrected chi connectivity index (χ1v) is 9.02. The molecule has 0 bridgehead atoms. The van der Waals surface area contributed by atoms with Crippen molar-refractivity contribution in [1.29, 1.82) is 0 Å². The van der Waals surface area contributed by atoms with Crippen LogP contribution < -0.4 is 14.8 Å². The van der Waals surface area contributed by atoms with E-state index in [1.165, 1.54) is 22.7 Å². The molecule has 9 heteroatoms. The molecule has 2 amide bonds. The highest BCUT2D eigenvalue weighted by Crippen LogP contribution is 2.32. The smallest absolute Gasteiger partial charge is 0.333 e. The molecule has 1 aromatic rings. The van der Waals surface area contributed by atoms with Crippen LogP contribution in [-0.4, -0.2) is 48.4 Å². The van der Waals surface area contributed by atoms with Crippen molar-refractivity contribution >= 4 is 29.5 Å². The van der Waals surface area contributed by atoms with Gasteiger partial charge in [0.05, 0.1) is 23.5 Å². The lowest BCUT2D eigenvalue weighted by atomic mass is 10.2. The number of rotatable bonds is 6. The van der Waals surface area contributed by atoms with Crippen LogP contribution in [0.4, 0.5) is 0 Å². The van der Waals surface area contributed by atoms with Crippen LogP contribution in [0.2, 0.25) is 0 Å². The highest BCUT2D eigenvalue weighted by atomic mass is 32.2. The first kappa shape index (κ1) is 18.1. The summed E-state index contributed by atoms with van der Waals surface area (Å²) in [6, 6.07) is 5.41. The van der Waals surface area contributed by atoms with Crippen molar-refractivity contribution in [2.45, 2.75) is 13.5 Å². The summed E-state index contributed by atoms with van der Waals surface area (Å²) < 4.78 is 15.4. The largest absolute Gasteiger partial charge is 0.463 e. The van der Waals surface area contributed by atoms with E-state index in [4.69, 9.17) is 14.2 Å². The quantitative estimate of drug-likeness (QED) is 0.583. The number of amides is 2. The van der Waals surface area contributed by atoms with Crippen LogP contribution in [-0.2, 0) is 25.7 Å². The van der Waals surface area contributed by atoms with Crippen molar-refractivity contribution in [2.24, 2.45) is 0 Å². The Hall–Kier alpha value is -2.68. The zero-order valence-corrected chi connectivity index (χ0v) is 15.0. The number of hydrogen-bond acceptors (Lipinski definition) is 7. The van der Waals surface area contributed by atoms with Crippen LogP contribution >= 0.6 is 11.8 Å². The second-order valence-corrected chi connectivity index (χ2v) is 6.46. The van der Waals surface area contributed by atoms with Crippen LogP contribution in [0, 0.1) is 0 Å². The summed E-state index contributed by atoms with van der Waals surface area (Å²) in [6.45, 7) is 2.28. The van der Waals surface area contributed by atoms with Gasteiger partial charge in [0.25, 0.3) is 0 Å². The average molecular weight is 378 g/mol. The fourth-order valence-electron chi connectivity index (χ4n) is 2.44. The van der Waals surface area contributed by atoms with Crippen LogP contribution in [0.5, 0.6) is 11.5 Å². The third-order valence-electron chi connectivity index (χ3n) is 3.67. The molecule has 0 aliphatic carbocycles. The molecule has 0 aromatic heterocycles. The van der Waals surface area contributed by atoms with Gasteiger partial charge in [0.1, 0.15) is 6.54 Å². The van der Waals surface area contributed by atoms with Crippen LogP contribution in [0.15, 0.2) is 29.3 Å². The van der Waals surface area contributed by atoms with Crippen molar-refractivity contribution in [3.05, 3.63) is 34.9 Å². The summed E-state index contributed by atoms with van der Waals surface area (Å²) >= 11 is 1.21. The van der Waals surface area contributed by atoms with E-state index in [1.807, 2.05) is 6.07 Å². The molecule has 1 N–H and O–H groups in total. The summed E-state index contributed by atoms with van der Waals surface area (Å²) in [5, 5.41) is 3.18. The number of nitrogens with one attached hydrogen (secondary N) is 1. The molecular weight excluding hydrogens is 360 g/mol. The van der Waals surface area contributed by atoms with Crippen LogP contribution in [0.3, 0.4) is 0 Å². The lowest BCUT2D eigenvalue weighted by Gasteiger charge is -2.16. The van der Waals surface area contributed by atoms with E-state index < -0.39 is 5.97 Å². The molecule has 1 saturated heterocycles. The number of carbonyl (C=O) groups excluding carboxylic acids is 3. The molecule has 1 aromatic carbocycles. The number of hydrogen-bond donors (Lipinski definition) is 1. The highest BCUT2D eigenvalue weighted by Gasteiger charge is 2.29. The normalized spacial score (nSPS) is 16.9. The van der Waals surface area contributed by atoms with E-state index in [2.05, 4.69) is 5.32 Å². The Balaban J connectivity index is 1.56. The van der Waals surface area contributed by atoms with Crippen LogP contribution in [0.1, 0.15) is 12.5 Å². The van der Waals surface area contributed by atoms with Gasteiger partial charge in [0.15, 0.2) is 11.5 Å². The summed E-state index contributed by atoms with van der Waals surface area (Å²) in [5.41, 5.74) is 0.854. The molecule has 2 aliphatic heterocycles. The Morgan fingerprint density at radius 3 is 2.96 bits per heavy atom. The molecule has 1 fully saturated rings. The monoisotopic (exact) mass is 378 g/mol. The Morgan fingerprint density at radius 1 is 1.35 bits per heavy atom. The summed E-state index contributed by atoms with van der Waals surface area (Å²) in [4.78, 5) is 37.0. The van der Waals surface area contributed by atoms with Gasteiger partial charge < -0.3 is 19.5 Å². The van der Waals surface area contributed by atoms with Gasteiger partial charge in [0.2, 0.25) is 18.6 Å². The number of carbonyl (C=O) groups is 3. The molecule has 0 unspecified atom stereocenters. The Kier molecular flexibility index (Phi) is 5.67. The first-order valence-electron chi connectivity index (χ1n) is 8.03. The maximum atomic E-state index is 12.2. The number of ether oxygens (including phenoxy) is 3. The van der Waals surface area contributed by atoms with E-state index in [1.54, 1.807) is 19.1 Å². The van der Waals surface area contributed by atoms with Gasteiger partial charge in [-0.25, -0.2) is 4.79 Å². The van der Waals surface area contributed by atoms with E-state index in [-0.39, 0.29) is 37.5 Å². The minimum atomic E-state index is -0.532. The van der Waals surface area contributed by atoms with Gasteiger partial charge in [-0.2, -0.15) is 0 Å². The third-order valence-corrected chi connectivity index (χ3v) is 4.69. The predicted octanol–water partition coefficient (Wildman–Crippen LogP) is 1.01. The topological polar surface area (TPSA) is 94.2 Å². The summed E-state index contributed by atoms with van der Waals surface area (Å²) in [7, 11) is 0. The molecule has 0 atom stereocenters. The Morgan fingerprint density at radius 2 is 2.15 bits per heavy atom. The maximum absolute atomic E-state index is 12.2. The zero-order valence-electron chi connectivity index (χ0n) is 14.1. The summed E-state index contributed by atoms with van der Waals surface area (Å²) in [6.07, 6.45) is 1.24. The van der Waals surface area contributed by atoms with Crippen molar-refractivity contribution in [2.75, 3.05) is 25.7 Å². The van der Waals surface area contributed by atoms with Gasteiger partial charge in [-0.3, -0.25) is 14.5 Å². The minimum absolute atomic E-state index is 0.151. The number of benzene rings is 1. The molecule has 0 radical (unpaired) electrons. The number of nitrogens with zero attached hydrogens (tertiary/aromatic N) is 1. The predicted molar refractivity (Wildman–Crippen MR) is 93.3 cm³/mol.